The third-order valence-corrected chi connectivity index (χ3v) is 3.98. The van der Waals surface area contributed by atoms with Crippen LogP contribution in [0, 0.1) is 0 Å². The van der Waals surface area contributed by atoms with Gasteiger partial charge in [-0.1, -0.05) is 12.8 Å². The average molecular weight is 342 g/mol. The van der Waals surface area contributed by atoms with Crippen molar-refractivity contribution < 1.29 is 18.0 Å². The molecular weight excluding hydrogens is 325 g/mol. The van der Waals surface area contributed by atoms with Gasteiger partial charge in [0.15, 0.2) is 5.65 Å². The lowest BCUT2D eigenvalue weighted by atomic mass is 10.2. The van der Waals surface area contributed by atoms with Gasteiger partial charge in [-0.15, -0.1) is 15.3 Å². The summed E-state index contributed by atoms with van der Waals surface area (Å²) in [5, 5.41) is 16.1. The number of carbonyl (C=O) groups excluding carboxylic acids is 1. The zero-order valence-corrected chi connectivity index (χ0v) is 13.0. The summed E-state index contributed by atoms with van der Waals surface area (Å²) < 4.78 is 39.2. The largest absolute Gasteiger partial charge is 0.453 e. The van der Waals surface area contributed by atoms with Crippen LogP contribution in [0.2, 0.25) is 0 Å². The van der Waals surface area contributed by atoms with Crippen molar-refractivity contribution in [3.8, 4) is 0 Å². The van der Waals surface area contributed by atoms with Crippen LogP contribution in [0.3, 0.4) is 0 Å². The number of amides is 1. The highest BCUT2D eigenvalue weighted by Gasteiger charge is 2.37. The van der Waals surface area contributed by atoms with E-state index < -0.39 is 18.0 Å². The predicted octanol–water partition coefficient (Wildman–Crippen LogP) is 2.00. The molecule has 1 aliphatic carbocycles. The van der Waals surface area contributed by atoms with Crippen LogP contribution >= 0.6 is 0 Å². The van der Waals surface area contributed by atoms with E-state index in [4.69, 9.17) is 0 Å². The zero-order chi connectivity index (χ0) is 17.3. The van der Waals surface area contributed by atoms with E-state index in [0.29, 0.717) is 4.52 Å². The summed E-state index contributed by atoms with van der Waals surface area (Å²) in [5.74, 6) is -1.27. The molecule has 0 spiro atoms. The topological polar surface area (TPSA) is 84.2 Å². The molecule has 1 unspecified atom stereocenters. The van der Waals surface area contributed by atoms with Crippen LogP contribution in [0.25, 0.3) is 5.65 Å². The summed E-state index contributed by atoms with van der Waals surface area (Å²) in [6.45, 7) is 1.63. The highest BCUT2D eigenvalue weighted by molar-refractivity contribution is 5.84. The summed E-state index contributed by atoms with van der Waals surface area (Å²) >= 11 is 0. The first-order valence-electron chi connectivity index (χ1n) is 7.71. The predicted molar refractivity (Wildman–Crippen MR) is 79.3 cm³/mol. The van der Waals surface area contributed by atoms with Gasteiger partial charge in [-0.2, -0.15) is 17.7 Å². The Balaban J connectivity index is 1.73. The first kappa shape index (κ1) is 16.5. The average Bonchev–Trinajstić information content (AvgIpc) is 3.15. The van der Waals surface area contributed by atoms with E-state index in [-0.39, 0.29) is 23.4 Å². The number of rotatable bonds is 4. The van der Waals surface area contributed by atoms with Crippen LogP contribution in [0.4, 0.5) is 19.0 Å². The Bertz CT molecular complexity index is 738. The molecule has 0 saturated heterocycles. The van der Waals surface area contributed by atoms with Crippen molar-refractivity contribution in [1.82, 2.24) is 25.1 Å². The molecule has 0 bridgehead atoms. The maximum Gasteiger partial charge on any atom is 0.453 e. The minimum atomic E-state index is -4.66. The highest BCUT2D eigenvalue weighted by atomic mass is 19.4. The molecule has 130 valence electrons. The fraction of sp³-hybridized carbons (Fsp3) is 0.571. The van der Waals surface area contributed by atoms with Crippen LogP contribution in [-0.2, 0) is 11.0 Å². The second-order valence-corrected chi connectivity index (χ2v) is 5.87. The number of nitrogens with zero attached hydrogens (tertiary/aromatic N) is 4. The summed E-state index contributed by atoms with van der Waals surface area (Å²) in [5.41, 5.74) is -0.0177. The molecule has 1 atom stereocenters. The van der Waals surface area contributed by atoms with Gasteiger partial charge in [0.05, 0.1) is 0 Å². The number of alkyl halides is 3. The number of hydrogen-bond acceptors (Lipinski definition) is 5. The van der Waals surface area contributed by atoms with E-state index in [9.17, 15) is 18.0 Å². The Hall–Kier alpha value is -2.39. The number of aromatic nitrogens is 4. The smallest absolute Gasteiger partial charge is 0.357 e. The second kappa shape index (κ2) is 6.25. The standard InChI is InChI=1S/C14H17F3N6O/c1-8(12(24)19-9-4-2-3-5-9)18-10-6-7-11-20-21-13(14(15,16)17)23(11)22-10/h6-9H,2-5H2,1H3,(H,18,22)(H,19,24). The van der Waals surface area contributed by atoms with Crippen molar-refractivity contribution in [2.45, 2.75) is 50.9 Å². The van der Waals surface area contributed by atoms with Crippen molar-refractivity contribution in [2.75, 3.05) is 5.32 Å². The van der Waals surface area contributed by atoms with Crippen molar-refractivity contribution in [1.29, 1.82) is 0 Å². The maximum absolute atomic E-state index is 12.9. The Morgan fingerprint density at radius 2 is 2.00 bits per heavy atom. The molecule has 1 fully saturated rings. The summed E-state index contributed by atoms with van der Waals surface area (Å²) in [6, 6.07) is 2.37. The first-order chi connectivity index (χ1) is 11.3. The summed E-state index contributed by atoms with van der Waals surface area (Å²) in [6.07, 6.45) is -0.551. The first-order valence-corrected chi connectivity index (χ1v) is 7.71. The molecule has 0 radical (unpaired) electrons. The Kier molecular flexibility index (Phi) is 4.29. The minimum Gasteiger partial charge on any atom is -0.357 e. The van der Waals surface area contributed by atoms with Gasteiger partial charge in [-0.3, -0.25) is 4.79 Å². The van der Waals surface area contributed by atoms with E-state index in [0.717, 1.165) is 25.7 Å². The third-order valence-electron chi connectivity index (χ3n) is 3.98. The van der Waals surface area contributed by atoms with Gasteiger partial charge in [0.2, 0.25) is 5.91 Å². The molecule has 7 nitrogen and oxygen atoms in total. The van der Waals surface area contributed by atoms with Crippen LogP contribution in [0.1, 0.15) is 38.4 Å². The number of halogens is 3. The fourth-order valence-corrected chi connectivity index (χ4v) is 2.73. The van der Waals surface area contributed by atoms with E-state index in [1.165, 1.54) is 12.1 Å². The third kappa shape index (κ3) is 3.41. The molecule has 0 aliphatic heterocycles. The van der Waals surface area contributed by atoms with Crippen molar-refractivity contribution in [3.63, 3.8) is 0 Å². The lowest BCUT2D eigenvalue weighted by Gasteiger charge is -2.18. The van der Waals surface area contributed by atoms with Crippen LogP contribution < -0.4 is 10.6 Å². The van der Waals surface area contributed by atoms with E-state index in [1.54, 1.807) is 6.92 Å². The SMILES string of the molecule is CC(Nc1ccc2nnc(C(F)(F)F)n2n1)C(=O)NC1CCCC1. The monoisotopic (exact) mass is 342 g/mol. The quantitative estimate of drug-likeness (QED) is 0.888. The number of anilines is 1. The molecule has 24 heavy (non-hydrogen) atoms. The number of fused-ring (bicyclic) bond motifs is 1. The Labute approximate surface area is 135 Å². The molecule has 0 aromatic carbocycles. The van der Waals surface area contributed by atoms with Gasteiger partial charge >= 0.3 is 6.18 Å². The highest BCUT2D eigenvalue weighted by Crippen LogP contribution is 2.27. The summed E-state index contributed by atoms with van der Waals surface area (Å²) in [4.78, 5) is 12.1. The lowest BCUT2D eigenvalue weighted by molar-refractivity contribution is -0.146. The van der Waals surface area contributed by atoms with Crippen molar-refractivity contribution in [2.24, 2.45) is 0 Å². The van der Waals surface area contributed by atoms with Crippen molar-refractivity contribution >= 4 is 17.4 Å². The van der Waals surface area contributed by atoms with Crippen LogP contribution in [-0.4, -0.2) is 37.8 Å². The Morgan fingerprint density at radius 3 is 2.67 bits per heavy atom. The summed E-state index contributed by atoms with van der Waals surface area (Å²) in [7, 11) is 0. The second-order valence-electron chi connectivity index (χ2n) is 5.87. The van der Waals surface area contributed by atoms with Gasteiger partial charge in [0.1, 0.15) is 11.9 Å². The molecule has 2 N–H and O–H groups in total. The fourth-order valence-electron chi connectivity index (χ4n) is 2.73. The molecule has 1 saturated carbocycles. The zero-order valence-electron chi connectivity index (χ0n) is 13.0. The van der Waals surface area contributed by atoms with E-state index in [1.807, 2.05) is 0 Å². The molecule has 2 aromatic rings. The molecular formula is C14H17F3N6O. The van der Waals surface area contributed by atoms with Gasteiger partial charge in [-0.25, -0.2) is 0 Å². The number of hydrogen-bond donors (Lipinski definition) is 2. The molecule has 1 amide bonds. The number of nitrogens with one attached hydrogen (secondary N) is 2. The van der Waals surface area contributed by atoms with Gasteiger partial charge in [-0.05, 0) is 31.9 Å². The molecule has 2 aromatic heterocycles. The molecule has 2 heterocycles. The van der Waals surface area contributed by atoms with Crippen LogP contribution in [0.5, 0.6) is 0 Å². The van der Waals surface area contributed by atoms with Gasteiger partial charge < -0.3 is 10.6 Å². The minimum absolute atomic E-state index is 0.0177. The van der Waals surface area contributed by atoms with Crippen molar-refractivity contribution in [3.05, 3.63) is 18.0 Å². The lowest BCUT2D eigenvalue weighted by Crippen LogP contribution is -2.42. The number of carbonyl (C=O) groups is 1. The van der Waals surface area contributed by atoms with Gasteiger partial charge in [0, 0.05) is 6.04 Å². The van der Waals surface area contributed by atoms with E-state index in [2.05, 4.69) is 25.9 Å². The van der Waals surface area contributed by atoms with E-state index >= 15 is 0 Å². The molecule has 1 aliphatic rings. The van der Waals surface area contributed by atoms with Gasteiger partial charge in [0.25, 0.3) is 5.82 Å². The molecule has 10 heteroatoms. The molecule has 3 rings (SSSR count). The maximum atomic E-state index is 12.9. The Morgan fingerprint density at radius 1 is 1.29 bits per heavy atom. The van der Waals surface area contributed by atoms with Crippen LogP contribution in [0.15, 0.2) is 12.1 Å². The normalized spacial score (nSPS) is 17.2.